The molecule has 0 aromatic heterocycles. The molecule has 4 aliphatic heterocycles. The summed E-state index contributed by atoms with van der Waals surface area (Å²) in [5.74, 6) is -5.12. The zero-order chi connectivity index (χ0) is 40.3. The Morgan fingerprint density at radius 3 is 1.80 bits per heavy atom. The number of carboxylic acid groups (broad SMARTS) is 1. The van der Waals surface area contributed by atoms with Gasteiger partial charge in [0, 0.05) is 12.8 Å². The first-order chi connectivity index (χ1) is 25.3. The average molecular weight is 791 g/mol. The van der Waals surface area contributed by atoms with Crippen LogP contribution in [0.5, 0.6) is 0 Å². The van der Waals surface area contributed by atoms with Gasteiger partial charge in [0.15, 0.2) is 37.2 Å². The molecule has 4 fully saturated rings. The maximum atomic E-state index is 12.6. The summed E-state index contributed by atoms with van der Waals surface area (Å²) in [5, 5.41) is 115. The van der Waals surface area contributed by atoms with Crippen LogP contribution in [0.1, 0.15) is 27.7 Å². The van der Waals surface area contributed by atoms with Gasteiger partial charge in [0.2, 0.25) is 0 Å². The Labute approximate surface area is 307 Å². The Morgan fingerprint density at radius 1 is 0.630 bits per heavy atom. The van der Waals surface area contributed by atoms with Crippen molar-refractivity contribution in [2.45, 2.75) is 150 Å². The largest absolute Gasteiger partial charge is 0.479 e. The van der Waals surface area contributed by atoms with Crippen LogP contribution in [0.25, 0.3) is 0 Å². The molecule has 0 bridgehead atoms. The predicted molar refractivity (Wildman–Crippen MR) is 166 cm³/mol. The van der Waals surface area contributed by atoms with Crippen molar-refractivity contribution in [3.63, 3.8) is 0 Å². The van der Waals surface area contributed by atoms with Crippen LogP contribution in [0.3, 0.4) is 0 Å². The fraction of sp³-hybridized carbons (Fsp3) is 0.903. The first-order valence-electron chi connectivity index (χ1n) is 17.1. The molecular formula is C31H50O23. The SMILES string of the molecule is CC(=O)OCC1O[C@@H](O[C@H]2C(C)O[C@@H](C)[C@@H](O)C2O)C(OC(=O)C(O)CO)[C@@H](O)[C@H]1O[C@H]1OC(C(=O)O)[C@@H](O[C@@H]2OC(CO)[C@H](O)[C@H](C)C2O)C(O)C1O. The minimum Gasteiger partial charge on any atom is -0.479 e. The van der Waals surface area contributed by atoms with E-state index in [4.69, 9.17) is 42.6 Å². The van der Waals surface area contributed by atoms with Crippen LogP contribution < -0.4 is 0 Å². The van der Waals surface area contributed by atoms with Crippen molar-refractivity contribution in [1.82, 2.24) is 0 Å². The Bertz CT molecular complexity index is 1260. The molecule has 312 valence electrons. The molecule has 23 heteroatoms. The zero-order valence-electron chi connectivity index (χ0n) is 29.6. The van der Waals surface area contributed by atoms with Gasteiger partial charge in [0.1, 0.15) is 73.8 Å². The number of ether oxygens (including phenoxy) is 9. The van der Waals surface area contributed by atoms with Crippen molar-refractivity contribution in [2.75, 3.05) is 19.8 Å². The number of hydrogen-bond donors (Lipinski definition) is 11. The van der Waals surface area contributed by atoms with Gasteiger partial charge in [-0.1, -0.05) is 6.92 Å². The monoisotopic (exact) mass is 790 g/mol. The number of aliphatic carboxylic acids is 1. The molecular weight excluding hydrogens is 740 g/mol. The van der Waals surface area contributed by atoms with Crippen molar-refractivity contribution in [2.24, 2.45) is 5.92 Å². The molecule has 0 spiro atoms. The summed E-state index contributed by atoms with van der Waals surface area (Å²) in [6.45, 7) is 2.76. The molecule has 11 N–H and O–H groups in total. The van der Waals surface area contributed by atoms with Crippen molar-refractivity contribution in [3.05, 3.63) is 0 Å². The molecule has 0 amide bonds. The molecule has 0 radical (unpaired) electrons. The number of rotatable bonds is 13. The first kappa shape index (κ1) is 44.4. The number of aliphatic hydroxyl groups is 10. The number of carboxylic acids is 1. The van der Waals surface area contributed by atoms with Crippen LogP contribution in [0, 0.1) is 5.92 Å². The van der Waals surface area contributed by atoms with E-state index in [1.54, 1.807) is 0 Å². The van der Waals surface area contributed by atoms with E-state index >= 15 is 0 Å². The average Bonchev–Trinajstić information content (AvgIpc) is 3.12. The third kappa shape index (κ3) is 9.63. The minimum absolute atomic E-state index is 0.723. The highest BCUT2D eigenvalue weighted by Crippen LogP contribution is 2.36. The topological polar surface area (TPSA) is 357 Å². The lowest BCUT2D eigenvalue weighted by Gasteiger charge is -2.49. The summed E-state index contributed by atoms with van der Waals surface area (Å²) >= 11 is 0. The molecule has 0 aromatic rings. The van der Waals surface area contributed by atoms with Crippen molar-refractivity contribution < 1.29 is 113 Å². The fourth-order valence-electron chi connectivity index (χ4n) is 6.51. The normalized spacial score (nSPS) is 46.3. The lowest BCUT2D eigenvalue weighted by Crippen LogP contribution is -2.68. The Hall–Kier alpha value is -2.27. The van der Waals surface area contributed by atoms with Crippen LogP contribution >= 0.6 is 0 Å². The third-order valence-electron chi connectivity index (χ3n) is 9.71. The van der Waals surface area contributed by atoms with Gasteiger partial charge in [-0.2, -0.15) is 0 Å². The van der Waals surface area contributed by atoms with Gasteiger partial charge >= 0.3 is 17.9 Å². The fourth-order valence-corrected chi connectivity index (χ4v) is 6.51. The first-order valence-corrected chi connectivity index (χ1v) is 17.1. The van der Waals surface area contributed by atoms with E-state index in [1.165, 1.54) is 20.8 Å². The van der Waals surface area contributed by atoms with E-state index < -0.39 is 166 Å². The van der Waals surface area contributed by atoms with Crippen LogP contribution in [-0.4, -0.2) is 217 Å². The van der Waals surface area contributed by atoms with E-state index in [0.29, 0.717) is 0 Å². The Balaban J connectivity index is 1.62. The molecule has 23 nitrogen and oxygen atoms in total. The molecule has 4 saturated heterocycles. The van der Waals surface area contributed by atoms with Crippen LogP contribution in [0.4, 0.5) is 0 Å². The highest BCUT2D eigenvalue weighted by molar-refractivity contribution is 5.74. The molecule has 10 unspecified atom stereocenters. The smallest absolute Gasteiger partial charge is 0.337 e. The molecule has 4 aliphatic rings. The van der Waals surface area contributed by atoms with E-state index in [9.17, 15) is 70.6 Å². The molecule has 4 rings (SSSR count). The minimum atomic E-state index is -2.21. The Kier molecular flexibility index (Phi) is 15.5. The summed E-state index contributed by atoms with van der Waals surface area (Å²) in [6.07, 6.45) is -34.9. The van der Waals surface area contributed by atoms with Crippen LogP contribution in [0.15, 0.2) is 0 Å². The van der Waals surface area contributed by atoms with Crippen molar-refractivity contribution in [3.8, 4) is 0 Å². The van der Waals surface area contributed by atoms with E-state index in [-0.39, 0.29) is 0 Å². The number of esters is 2. The zero-order valence-corrected chi connectivity index (χ0v) is 29.6. The lowest BCUT2D eigenvalue weighted by molar-refractivity contribution is -0.380. The summed E-state index contributed by atoms with van der Waals surface area (Å²) in [6, 6.07) is 0. The number of carbonyl (C=O) groups is 3. The molecule has 21 atom stereocenters. The van der Waals surface area contributed by atoms with E-state index in [0.717, 1.165) is 6.92 Å². The second kappa shape index (κ2) is 18.8. The molecule has 54 heavy (non-hydrogen) atoms. The van der Waals surface area contributed by atoms with E-state index in [1.807, 2.05) is 0 Å². The van der Waals surface area contributed by atoms with Gasteiger partial charge in [0.25, 0.3) is 0 Å². The van der Waals surface area contributed by atoms with E-state index in [2.05, 4.69) is 0 Å². The third-order valence-corrected chi connectivity index (χ3v) is 9.71. The van der Waals surface area contributed by atoms with Crippen LogP contribution in [-0.2, 0) is 57.0 Å². The number of carbonyl (C=O) groups excluding carboxylic acids is 2. The second-order valence-corrected chi connectivity index (χ2v) is 13.6. The van der Waals surface area contributed by atoms with Crippen molar-refractivity contribution >= 4 is 17.9 Å². The number of aliphatic hydroxyl groups excluding tert-OH is 10. The van der Waals surface area contributed by atoms with Gasteiger partial charge in [-0.15, -0.1) is 0 Å². The van der Waals surface area contributed by atoms with Gasteiger partial charge < -0.3 is 98.8 Å². The summed E-state index contributed by atoms with van der Waals surface area (Å²) in [5.41, 5.74) is 0. The van der Waals surface area contributed by atoms with Gasteiger partial charge in [-0.05, 0) is 13.8 Å². The molecule has 0 aromatic carbocycles. The van der Waals surface area contributed by atoms with Gasteiger partial charge in [0.05, 0.1) is 31.5 Å². The molecule has 0 aliphatic carbocycles. The quantitative estimate of drug-likeness (QED) is 0.0772. The van der Waals surface area contributed by atoms with Crippen LogP contribution in [0.2, 0.25) is 0 Å². The molecule has 0 saturated carbocycles. The van der Waals surface area contributed by atoms with Crippen molar-refractivity contribution in [1.29, 1.82) is 0 Å². The predicted octanol–water partition coefficient (Wildman–Crippen LogP) is -6.81. The number of hydrogen-bond acceptors (Lipinski definition) is 22. The maximum absolute atomic E-state index is 12.6. The summed E-state index contributed by atoms with van der Waals surface area (Å²) < 4.78 is 49.7. The molecule has 4 heterocycles. The standard InChI is InChI=1S/C31H50O23/c1-8-15(36)13(6-33)48-29(16(8)37)53-24-19(40)20(41)30(54-26(24)27(43)44)52-23-14(7-46-11(4)34)49-31(25(21(23)42)50-28(45)12(35)5-32)51-22-10(3)47-9(2)17(38)18(22)39/h8-10,12-26,29-33,35-42H,5-7H2,1-4H3,(H,43,44)/t8-,9-,10?,12?,13?,14?,15+,16?,17+,18?,19?,20?,21-,22-,23-,24-,25?,26?,29-,30-,31-/m0/s1. The highest BCUT2D eigenvalue weighted by atomic mass is 16.8. The summed E-state index contributed by atoms with van der Waals surface area (Å²) in [7, 11) is 0. The maximum Gasteiger partial charge on any atom is 0.337 e. The van der Waals surface area contributed by atoms with Gasteiger partial charge in [-0.25, -0.2) is 9.59 Å². The van der Waals surface area contributed by atoms with Gasteiger partial charge in [-0.3, -0.25) is 4.79 Å². The summed E-state index contributed by atoms with van der Waals surface area (Å²) in [4.78, 5) is 36.8. The lowest BCUT2D eigenvalue weighted by atomic mass is 9.90. The Morgan fingerprint density at radius 2 is 1.20 bits per heavy atom. The highest BCUT2D eigenvalue weighted by Gasteiger charge is 2.57. The second-order valence-electron chi connectivity index (χ2n) is 13.6.